The van der Waals surface area contributed by atoms with Gasteiger partial charge in [0.25, 0.3) is 0 Å². The van der Waals surface area contributed by atoms with Crippen molar-refractivity contribution in [3.05, 3.63) is 12.7 Å². The fourth-order valence-electron chi connectivity index (χ4n) is 1.02. The van der Waals surface area contributed by atoms with Crippen LogP contribution in [-0.2, 0) is 6.54 Å². The predicted octanol–water partition coefficient (Wildman–Crippen LogP) is 0.276. The molecule has 0 fully saturated rings. The van der Waals surface area contributed by atoms with Gasteiger partial charge in [-0.1, -0.05) is 6.92 Å². The molecule has 0 aromatic carbocycles. The van der Waals surface area contributed by atoms with Crippen LogP contribution in [0.15, 0.2) is 12.7 Å². The van der Waals surface area contributed by atoms with Gasteiger partial charge in [-0.25, -0.2) is 4.98 Å². The van der Waals surface area contributed by atoms with Crippen LogP contribution < -0.4 is 5.32 Å². The van der Waals surface area contributed by atoms with Crippen LogP contribution in [0.3, 0.4) is 0 Å². The lowest BCUT2D eigenvalue weighted by Crippen LogP contribution is -2.30. The van der Waals surface area contributed by atoms with Gasteiger partial charge in [-0.2, -0.15) is 5.10 Å². The van der Waals surface area contributed by atoms with Crippen LogP contribution in [0, 0.1) is 0 Å². The van der Waals surface area contributed by atoms with Gasteiger partial charge in [-0.15, -0.1) is 0 Å². The summed E-state index contributed by atoms with van der Waals surface area (Å²) < 4.78 is 1.83. The molecule has 0 saturated carbocycles. The lowest BCUT2D eigenvalue weighted by molar-refractivity contribution is 0.461. The quantitative estimate of drug-likeness (QED) is 0.677. The molecule has 1 rings (SSSR count). The number of aromatic nitrogens is 3. The predicted molar refractivity (Wildman–Crippen MR) is 43.2 cm³/mol. The molecule has 1 aromatic rings. The summed E-state index contributed by atoms with van der Waals surface area (Å²) in [5, 5.41) is 7.30. The molecule has 4 heteroatoms. The van der Waals surface area contributed by atoms with Gasteiger partial charge in [-0.05, 0) is 13.5 Å². The Labute approximate surface area is 66.6 Å². The summed E-state index contributed by atoms with van der Waals surface area (Å²) in [6.07, 6.45) is 3.28. The van der Waals surface area contributed by atoms with Crippen molar-refractivity contribution in [2.24, 2.45) is 0 Å². The van der Waals surface area contributed by atoms with Gasteiger partial charge >= 0.3 is 0 Å². The molecule has 62 valence electrons. The van der Waals surface area contributed by atoms with Crippen molar-refractivity contribution in [2.75, 3.05) is 6.54 Å². The maximum Gasteiger partial charge on any atom is 0.137 e. The maximum absolute atomic E-state index is 4.00. The Morgan fingerprint density at radius 1 is 1.64 bits per heavy atom. The zero-order valence-electron chi connectivity index (χ0n) is 6.99. The molecular weight excluding hydrogens is 140 g/mol. The smallest absolute Gasteiger partial charge is 0.137 e. The average molecular weight is 154 g/mol. The summed E-state index contributed by atoms with van der Waals surface area (Å²) in [5.41, 5.74) is 0. The molecule has 4 nitrogen and oxygen atoms in total. The van der Waals surface area contributed by atoms with E-state index in [1.807, 2.05) is 4.68 Å². The fourth-order valence-corrected chi connectivity index (χ4v) is 1.02. The molecule has 0 spiro atoms. The molecule has 0 radical (unpaired) electrons. The second-order valence-electron chi connectivity index (χ2n) is 2.58. The Bertz CT molecular complexity index is 182. The van der Waals surface area contributed by atoms with E-state index >= 15 is 0 Å². The summed E-state index contributed by atoms with van der Waals surface area (Å²) in [4.78, 5) is 3.86. The van der Waals surface area contributed by atoms with Gasteiger partial charge in [-0.3, -0.25) is 4.68 Å². The van der Waals surface area contributed by atoms with E-state index in [0.29, 0.717) is 6.04 Å². The third kappa shape index (κ3) is 2.67. The van der Waals surface area contributed by atoms with Crippen LogP contribution in [0.5, 0.6) is 0 Å². The van der Waals surface area contributed by atoms with E-state index in [-0.39, 0.29) is 0 Å². The number of hydrogen-bond acceptors (Lipinski definition) is 3. The highest BCUT2D eigenvalue weighted by molar-refractivity contribution is 4.62. The zero-order chi connectivity index (χ0) is 8.10. The highest BCUT2D eigenvalue weighted by atomic mass is 15.3. The number of hydrogen-bond donors (Lipinski definition) is 1. The maximum atomic E-state index is 4.00. The van der Waals surface area contributed by atoms with E-state index in [2.05, 4.69) is 29.2 Å². The van der Waals surface area contributed by atoms with Crippen molar-refractivity contribution in [3.8, 4) is 0 Å². The first-order valence-electron chi connectivity index (χ1n) is 3.88. The Balaban J connectivity index is 2.31. The van der Waals surface area contributed by atoms with Crippen molar-refractivity contribution in [3.63, 3.8) is 0 Å². The van der Waals surface area contributed by atoms with Crippen molar-refractivity contribution in [2.45, 2.75) is 26.4 Å². The number of likely N-dealkylation sites (N-methyl/N-ethyl adjacent to an activating group) is 1. The first-order chi connectivity index (χ1) is 5.33. The van der Waals surface area contributed by atoms with E-state index in [1.165, 1.54) is 0 Å². The fraction of sp³-hybridized carbons (Fsp3) is 0.714. The molecule has 0 aliphatic carbocycles. The first kappa shape index (κ1) is 8.20. The summed E-state index contributed by atoms with van der Waals surface area (Å²) in [6.45, 7) is 6.10. The van der Waals surface area contributed by atoms with Crippen LogP contribution in [0.4, 0.5) is 0 Å². The van der Waals surface area contributed by atoms with E-state index < -0.39 is 0 Å². The Morgan fingerprint density at radius 2 is 2.45 bits per heavy atom. The Hall–Kier alpha value is -0.900. The number of nitrogens with zero attached hydrogens (tertiary/aromatic N) is 3. The topological polar surface area (TPSA) is 42.7 Å². The van der Waals surface area contributed by atoms with Gasteiger partial charge < -0.3 is 5.32 Å². The van der Waals surface area contributed by atoms with Gasteiger partial charge in [0, 0.05) is 6.04 Å². The molecule has 1 unspecified atom stereocenters. The lowest BCUT2D eigenvalue weighted by atomic mass is 10.3. The highest BCUT2D eigenvalue weighted by Crippen LogP contribution is 1.86. The van der Waals surface area contributed by atoms with Crippen LogP contribution in [-0.4, -0.2) is 27.4 Å². The number of nitrogens with one attached hydrogen (secondary N) is 1. The van der Waals surface area contributed by atoms with Gasteiger partial charge in [0.2, 0.25) is 0 Å². The molecule has 0 aliphatic rings. The molecule has 1 heterocycles. The normalized spacial score (nSPS) is 13.3. The largest absolute Gasteiger partial charge is 0.313 e. The minimum atomic E-state index is 0.460. The van der Waals surface area contributed by atoms with Gasteiger partial charge in [0.1, 0.15) is 12.7 Å². The van der Waals surface area contributed by atoms with Crippen LogP contribution in [0.1, 0.15) is 13.8 Å². The monoisotopic (exact) mass is 154 g/mol. The van der Waals surface area contributed by atoms with Crippen molar-refractivity contribution >= 4 is 0 Å². The molecule has 11 heavy (non-hydrogen) atoms. The molecule has 0 bridgehead atoms. The standard InChI is InChI=1S/C7H14N4/c1-3-9-7(2)4-11-6-8-5-10-11/h5-7,9H,3-4H2,1-2H3. The van der Waals surface area contributed by atoms with Crippen LogP contribution >= 0.6 is 0 Å². The van der Waals surface area contributed by atoms with Crippen molar-refractivity contribution < 1.29 is 0 Å². The first-order valence-corrected chi connectivity index (χ1v) is 3.88. The minimum Gasteiger partial charge on any atom is -0.313 e. The van der Waals surface area contributed by atoms with Crippen molar-refractivity contribution in [1.29, 1.82) is 0 Å². The molecule has 0 saturated heterocycles. The summed E-state index contributed by atoms with van der Waals surface area (Å²) in [6, 6.07) is 0.460. The van der Waals surface area contributed by atoms with Gasteiger partial charge in [0.15, 0.2) is 0 Å². The van der Waals surface area contributed by atoms with E-state index in [0.717, 1.165) is 13.1 Å². The Morgan fingerprint density at radius 3 is 3.00 bits per heavy atom. The molecule has 0 aliphatic heterocycles. The molecule has 1 aromatic heterocycles. The molecule has 1 N–H and O–H groups in total. The van der Waals surface area contributed by atoms with E-state index in [4.69, 9.17) is 0 Å². The second kappa shape index (κ2) is 4.08. The van der Waals surface area contributed by atoms with E-state index in [9.17, 15) is 0 Å². The SMILES string of the molecule is CCNC(C)Cn1cncn1. The Kier molecular flexibility index (Phi) is 3.04. The average Bonchev–Trinajstić information content (AvgIpc) is 2.40. The number of rotatable bonds is 4. The highest BCUT2D eigenvalue weighted by Gasteiger charge is 1.99. The second-order valence-corrected chi connectivity index (χ2v) is 2.58. The minimum absolute atomic E-state index is 0.460. The molecule has 1 atom stereocenters. The van der Waals surface area contributed by atoms with Gasteiger partial charge in [0.05, 0.1) is 6.54 Å². The summed E-state index contributed by atoms with van der Waals surface area (Å²) in [5.74, 6) is 0. The van der Waals surface area contributed by atoms with E-state index in [1.54, 1.807) is 12.7 Å². The van der Waals surface area contributed by atoms with Crippen LogP contribution in [0.2, 0.25) is 0 Å². The molecular formula is C7H14N4. The zero-order valence-corrected chi connectivity index (χ0v) is 6.99. The third-order valence-electron chi connectivity index (χ3n) is 1.48. The lowest BCUT2D eigenvalue weighted by Gasteiger charge is -2.10. The summed E-state index contributed by atoms with van der Waals surface area (Å²) >= 11 is 0. The van der Waals surface area contributed by atoms with Crippen LogP contribution in [0.25, 0.3) is 0 Å². The van der Waals surface area contributed by atoms with Crippen molar-refractivity contribution in [1.82, 2.24) is 20.1 Å². The third-order valence-corrected chi connectivity index (χ3v) is 1.48. The summed E-state index contributed by atoms with van der Waals surface area (Å²) in [7, 11) is 0. The molecule has 0 amide bonds.